The van der Waals surface area contributed by atoms with Crippen LogP contribution in [-0.4, -0.2) is 5.91 Å². The van der Waals surface area contributed by atoms with E-state index < -0.39 is 0 Å². The Morgan fingerprint density at radius 3 is 2.30 bits per heavy atom. The Kier molecular flexibility index (Phi) is 8.77. The van der Waals surface area contributed by atoms with Crippen molar-refractivity contribution in [1.29, 1.82) is 0 Å². The molecule has 0 atom stereocenters. The van der Waals surface area contributed by atoms with Gasteiger partial charge in [-0.1, -0.05) is 70.6 Å². The molecule has 0 saturated heterocycles. The molecule has 0 bridgehead atoms. The first-order chi connectivity index (χ1) is 9.77. The van der Waals surface area contributed by atoms with Gasteiger partial charge in [0.1, 0.15) is 0 Å². The van der Waals surface area contributed by atoms with E-state index in [9.17, 15) is 4.79 Å². The van der Waals surface area contributed by atoms with E-state index in [4.69, 9.17) is 0 Å². The summed E-state index contributed by atoms with van der Waals surface area (Å²) in [6, 6.07) is 8.05. The van der Waals surface area contributed by atoms with E-state index >= 15 is 0 Å². The zero-order valence-electron chi connectivity index (χ0n) is 13.1. The Hall–Kier alpha value is -1.31. The lowest BCUT2D eigenvalue weighted by molar-refractivity contribution is -0.116. The molecule has 0 aliphatic rings. The topological polar surface area (TPSA) is 29.1 Å². The van der Waals surface area contributed by atoms with Crippen molar-refractivity contribution in [1.82, 2.24) is 0 Å². The lowest BCUT2D eigenvalue weighted by atomic mass is 10.1. The first-order valence-electron chi connectivity index (χ1n) is 8.15. The Morgan fingerprint density at radius 1 is 0.950 bits per heavy atom. The Morgan fingerprint density at radius 2 is 1.60 bits per heavy atom. The number of carbonyl (C=O) groups is 1. The fourth-order valence-corrected chi connectivity index (χ4v) is 2.41. The SMILES string of the molecule is CCCCCCCCCC(=O)Nc1ccccc1CC. The van der Waals surface area contributed by atoms with Gasteiger partial charge in [-0.3, -0.25) is 4.79 Å². The Bertz CT molecular complexity index is 387. The fourth-order valence-electron chi connectivity index (χ4n) is 2.41. The fraction of sp³-hybridized carbons (Fsp3) is 0.611. The molecule has 2 heteroatoms. The van der Waals surface area contributed by atoms with Gasteiger partial charge in [0.25, 0.3) is 0 Å². The number of hydrogen-bond acceptors (Lipinski definition) is 1. The van der Waals surface area contributed by atoms with Crippen molar-refractivity contribution in [3.05, 3.63) is 29.8 Å². The number of benzene rings is 1. The second-order valence-corrected chi connectivity index (χ2v) is 5.43. The summed E-state index contributed by atoms with van der Waals surface area (Å²) in [5.41, 5.74) is 2.18. The van der Waals surface area contributed by atoms with E-state index in [0.717, 1.165) is 18.5 Å². The summed E-state index contributed by atoms with van der Waals surface area (Å²) in [4.78, 5) is 11.9. The lowest BCUT2D eigenvalue weighted by Crippen LogP contribution is -2.12. The van der Waals surface area contributed by atoms with Crippen LogP contribution >= 0.6 is 0 Å². The standard InChI is InChI=1S/C18H29NO/c1-3-5-6-7-8-9-10-15-18(20)19-17-14-12-11-13-16(17)4-2/h11-14H,3-10,15H2,1-2H3,(H,19,20). The predicted octanol–water partition coefficient (Wildman–Crippen LogP) is 5.33. The number of amides is 1. The Balaban J connectivity index is 2.17. The quantitative estimate of drug-likeness (QED) is 0.575. The van der Waals surface area contributed by atoms with E-state index in [-0.39, 0.29) is 5.91 Å². The largest absolute Gasteiger partial charge is 0.326 e. The average molecular weight is 275 g/mol. The maximum Gasteiger partial charge on any atom is 0.224 e. The van der Waals surface area contributed by atoms with E-state index in [1.54, 1.807) is 0 Å². The van der Waals surface area contributed by atoms with Crippen molar-refractivity contribution in [2.75, 3.05) is 5.32 Å². The van der Waals surface area contributed by atoms with Crippen LogP contribution in [0.2, 0.25) is 0 Å². The first-order valence-corrected chi connectivity index (χ1v) is 8.15. The number of para-hydroxylation sites is 1. The third kappa shape index (κ3) is 6.74. The zero-order chi connectivity index (χ0) is 14.6. The van der Waals surface area contributed by atoms with Crippen molar-refractivity contribution >= 4 is 11.6 Å². The van der Waals surface area contributed by atoms with Crippen molar-refractivity contribution in [2.24, 2.45) is 0 Å². The second kappa shape index (κ2) is 10.5. The van der Waals surface area contributed by atoms with Crippen LogP contribution in [0.5, 0.6) is 0 Å². The second-order valence-electron chi connectivity index (χ2n) is 5.43. The molecule has 2 nitrogen and oxygen atoms in total. The predicted molar refractivity (Wildman–Crippen MR) is 87.1 cm³/mol. The van der Waals surface area contributed by atoms with Crippen LogP contribution in [0.1, 0.15) is 70.8 Å². The monoisotopic (exact) mass is 275 g/mol. The van der Waals surface area contributed by atoms with Crippen LogP contribution in [0.4, 0.5) is 5.69 Å². The minimum Gasteiger partial charge on any atom is -0.326 e. The lowest BCUT2D eigenvalue weighted by Gasteiger charge is -2.09. The van der Waals surface area contributed by atoms with Gasteiger partial charge in [-0.25, -0.2) is 0 Å². The van der Waals surface area contributed by atoms with Crippen LogP contribution in [0, 0.1) is 0 Å². The highest BCUT2D eigenvalue weighted by atomic mass is 16.1. The summed E-state index contributed by atoms with van der Waals surface area (Å²) in [5.74, 6) is 0.152. The maximum atomic E-state index is 11.9. The molecule has 0 heterocycles. The molecular formula is C18H29NO. The summed E-state index contributed by atoms with van der Waals surface area (Å²) in [5, 5.41) is 3.03. The van der Waals surface area contributed by atoms with Gasteiger partial charge in [0.2, 0.25) is 5.91 Å². The molecule has 0 radical (unpaired) electrons. The Labute approximate surface area is 124 Å². The molecule has 1 rings (SSSR count). The molecule has 0 saturated carbocycles. The van der Waals surface area contributed by atoms with E-state index in [1.165, 1.54) is 44.1 Å². The number of nitrogens with one attached hydrogen (secondary N) is 1. The minimum absolute atomic E-state index is 0.152. The molecule has 0 spiro atoms. The van der Waals surface area contributed by atoms with Crippen LogP contribution in [-0.2, 0) is 11.2 Å². The zero-order valence-corrected chi connectivity index (χ0v) is 13.1. The van der Waals surface area contributed by atoms with Crippen LogP contribution in [0.15, 0.2) is 24.3 Å². The molecule has 0 aromatic heterocycles. The van der Waals surface area contributed by atoms with Gasteiger partial charge in [-0.05, 0) is 24.5 Å². The molecule has 112 valence electrons. The van der Waals surface area contributed by atoms with Gasteiger partial charge >= 0.3 is 0 Å². The summed E-state index contributed by atoms with van der Waals surface area (Å²) < 4.78 is 0. The molecule has 1 aromatic rings. The highest BCUT2D eigenvalue weighted by molar-refractivity contribution is 5.91. The van der Waals surface area contributed by atoms with Gasteiger partial charge in [-0.15, -0.1) is 0 Å². The maximum absolute atomic E-state index is 11.9. The molecule has 0 aliphatic heterocycles. The highest BCUT2D eigenvalue weighted by Gasteiger charge is 2.05. The summed E-state index contributed by atoms with van der Waals surface area (Å²) in [6.45, 7) is 4.35. The molecule has 20 heavy (non-hydrogen) atoms. The summed E-state index contributed by atoms with van der Waals surface area (Å²) in [7, 11) is 0. The average Bonchev–Trinajstić information content (AvgIpc) is 2.47. The van der Waals surface area contributed by atoms with Gasteiger partial charge in [0.15, 0.2) is 0 Å². The molecule has 0 fully saturated rings. The van der Waals surface area contributed by atoms with Gasteiger partial charge in [-0.2, -0.15) is 0 Å². The molecule has 1 amide bonds. The highest BCUT2D eigenvalue weighted by Crippen LogP contribution is 2.16. The van der Waals surface area contributed by atoms with Crippen molar-refractivity contribution < 1.29 is 4.79 Å². The van der Waals surface area contributed by atoms with Gasteiger partial charge in [0, 0.05) is 12.1 Å². The van der Waals surface area contributed by atoms with E-state index in [0.29, 0.717) is 6.42 Å². The first kappa shape index (κ1) is 16.7. The number of unbranched alkanes of at least 4 members (excludes halogenated alkanes) is 6. The van der Waals surface area contributed by atoms with Crippen LogP contribution in [0.3, 0.4) is 0 Å². The number of anilines is 1. The smallest absolute Gasteiger partial charge is 0.224 e. The molecule has 0 aliphatic carbocycles. The molecule has 0 unspecified atom stereocenters. The van der Waals surface area contributed by atoms with E-state index in [1.807, 2.05) is 18.2 Å². The van der Waals surface area contributed by atoms with Crippen LogP contribution in [0.25, 0.3) is 0 Å². The molecule has 1 N–H and O–H groups in total. The van der Waals surface area contributed by atoms with Gasteiger partial charge in [0.05, 0.1) is 0 Å². The summed E-state index contributed by atoms with van der Waals surface area (Å²) >= 11 is 0. The van der Waals surface area contributed by atoms with Crippen molar-refractivity contribution in [2.45, 2.75) is 71.6 Å². The number of carbonyl (C=O) groups excluding carboxylic acids is 1. The normalized spacial score (nSPS) is 10.5. The minimum atomic E-state index is 0.152. The third-order valence-electron chi connectivity index (χ3n) is 3.68. The van der Waals surface area contributed by atoms with Gasteiger partial charge < -0.3 is 5.32 Å². The van der Waals surface area contributed by atoms with Crippen LogP contribution < -0.4 is 5.32 Å². The van der Waals surface area contributed by atoms with E-state index in [2.05, 4.69) is 25.2 Å². The summed E-state index contributed by atoms with van der Waals surface area (Å²) in [6.07, 6.45) is 10.3. The number of hydrogen-bond donors (Lipinski definition) is 1. The molecule has 1 aromatic carbocycles. The number of aryl methyl sites for hydroxylation is 1. The molecular weight excluding hydrogens is 246 g/mol. The van der Waals surface area contributed by atoms with Crippen molar-refractivity contribution in [3.8, 4) is 0 Å². The van der Waals surface area contributed by atoms with Crippen molar-refractivity contribution in [3.63, 3.8) is 0 Å². The number of rotatable bonds is 10. The third-order valence-corrected chi connectivity index (χ3v) is 3.68.